The van der Waals surface area contributed by atoms with Crippen LogP contribution in [0.5, 0.6) is 0 Å². The van der Waals surface area contributed by atoms with Crippen molar-refractivity contribution in [3.8, 4) is 0 Å². The summed E-state index contributed by atoms with van der Waals surface area (Å²) in [5.41, 5.74) is 1.79. The molecule has 0 N–H and O–H groups in total. The monoisotopic (exact) mass is 336 g/mol. The minimum absolute atomic E-state index is 0.142. The van der Waals surface area contributed by atoms with Gasteiger partial charge in [0.2, 0.25) is 0 Å². The summed E-state index contributed by atoms with van der Waals surface area (Å²) >= 11 is 0. The van der Waals surface area contributed by atoms with E-state index in [0.717, 1.165) is 17.4 Å². The Morgan fingerprint density at radius 1 is 1.17 bits per heavy atom. The third-order valence-corrected chi connectivity index (χ3v) is 4.53. The summed E-state index contributed by atoms with van der Waals surface area (Å²) in [7, 11) is -3.60. The van der Waals surface area contributed by atoms with Crippen LogP contribution in [-0.4, -0.2) is 21.3 Å². The van der Waals surface area contributed by atoms with Crippen LogP contribution in [0.4, 0.5) is 4.39 Å². The molecule has 6 heteroatoms. The first-order valence-electron chi connectivity index (χ1n) is 7.16. The fraction of sp³-hybridized carbons (Fsp3) is 0.294. The molecule has 1 fully saturated rings. The van der Waals surface area contributed by atoms with Crippen LogP contribution in [-0.2, 0) is 24.6 Å². The lowest BCUT2D eigenvalue weighted by Gasteiger charge is -2.14. The molecule has 2 aromatic carbocycles. The van der Waals surface area contributed by atoms with Crippen molar-refractivity contribution in [2.24, 2.45) is 0 Å². The van der Waals surface area contributed by atoms with Crippen LogP contribution in [0.2, 0.25) is 0 Å². The molecule has 1 aliphatic rings. The molecular formula is C17H17FO4S. The second-order valence-corrected chi connectivity index (χ2v) is 7.36. The van der Waals surface area contributed by atoms with Gasteiger partial charge in [-0.05, 0) is 35.7 Å². The smallest absolute Gasteiger partial charge is 0.264 e. The molecule has 2 aromatic rings. The number of benzene rings is 2. The van der Waals surface area contributed by atoms with Gasteiger partial charge in [0, 0.05) is 0 Å². The van der Waals surface area contributed by atoms with E-state index in [-0.39, 0.29) is 18.5 Å². The highest BCUT2D eigenvalue weighted by Gasteiger charge is 2.59. The molecule has 0 amide bonds. The Morgan fingerprint density at radius 2 is 1.83 bits per heavy atom. The van der Waals surface area contributed by atoms with Crippen LogP contribution in [0.1, 0.15) is 22.8 Å². The fourth-order valence-electron chi connectivity index (χ4n) is 2.71. The number of aryl methyl sites for hydroxylation is 1. The van der Waals surface area contributed by atoms with Gasteiger partial charge in [0.05, 0.1) is 6.26 Å². The maximum absolute atomic E-state index is 13.2. The van der Waals surface area contributed by atoms with Crippen molar-refractivity contribution in [1.29, 1.82) is 0 Å². The SMILES string of the molecule is Cc1ccccc1[C@@H]1O[C@]1(COS(C)(=O)=O)c1ccc(F)cc1. The molecule has 0 spiro atoms. The van der Waals surface area contributed by atoms with Crippen molar-refractivity contribution in [3.63, 3.8) is 0 Å². The number of ether oxygens (including phenoxy) is 1. The van der Waals surface area contributed by atoms with Crippen molar-refractivity contribution in [2.45, 2.75) is 18.6 Å². The summed E-state index contributed by atoms with van der Waals surface area (Å²) in [6.07, 6.45) is 0.673. The molecule has 0 bridgehead atoms. The maximum atomic E-state index is 13.2. The summed E-state index contributed by atoms with van der Waals surface area (Å²) in [5, 5.41) is 0. The predicted octanol–water partition coefficient (Wildman–Crippen LogP) is 3.08. The van der Waals surface area contributed by atoms with Crippen molar-refractivity contribution in [2.75, 3.05) is 12.9 Å². The number of hydrogen-bond acceptors (Lipinski definition) is 4. The highest BCUT2D eigenvalue weighted by atomic mass is 32.2. The summed E-state index contributed by atoms with van der Waals surface area (Å²) in [6.45, 7) is 1.82. The Hall–Kier alpha value is -1.76. The Kier molecular flexibility index (Phi) is 4.00. The maximum Gasteiger partial charge on any atom is 0.264 e. The van der Waals surface area contributed by atoms with Gasteiger partial charge in [-0.15, -0.1) is 0 Å². The van der Waals surface area contributed by atoms with Crippen molar-refractivity contribution in [3.05, 3.63) is 71.0 Å². The van der Waals surface area contributed by atoms with Crippen molar-refractivity contribution in [1.82, 2.24) is 0 Å². The van der Waals surface area contributed by atoms with E-state index in [9.17, 15) is 12.8 Å². The van der Waals surface area contributed by atoms with Crippen molar-refractivity contribution >= 4 is 10.1 Å². The first-order chi connectivity index (χ1) is 10.8. The van der Waals surface area contributed by atoms with E-state index in [0.29, 0.717) is 5.56 Å². The minimum atomic E-state index is -3.60. The average molecular weight is 336 g/mol. The molecule has 3 rings (SSSR count). The molecule has 0 aromatic heterocycles. The van der Waals surface area contributed by atoms with Gasteiger partial charge in [-0.3, -0.25) is 4.18 Å². The molecule has 2 atom stereocenters. The highest BCUT2D eigenvalue weighted by Crippen LogP contribution is 2.57. The van der Waals surface area contributed by atoms with Crippen LogP contribution in [0.25, 0.3) is 0 Å². The summed E-state index contributed by atoms with van der Waals surface area (Å²) < 4.78 is 46.8. The molecule has 1 heterocycles. The second kappa shape index (κ2) is 5.70. The lowest BCUT2D eigenvalue weighted by atomic mass is 9.91. The normalized spacial score (nSPS) is 23.7. The molecule has 1 saturated heterocycles. The Balaban J connectivity index is 1.96. The number of epoxide rings is 1. The van der Waals surface area contributed by atoms with E-state index in [1.165, 1.54) is 12.1 Å². The van der Waals surface area contributed by atoms with Crippen LogP contribution in [0.3, 0.4) is 0 Å². The van der Waals surface area contributed by atoms with Crippen LogP contribution >= 0.6 is 0 Å². The largest absolute Gasteiger partial charge is 0.353 e. The Morgan fingerprint density at radius 3 is 2.43 bits per heavy atom. The molecule has 4 nitrogen and oxygen atoms in total. The van der Waals surface area contributed by atoms with Crippen LogP contribution in [0, 0.1) is 12.7 Å². The molecular weight excluding hydrogens is 319 g/mol. The van der Waals surface area contributed by atoms with Gasteiger partial charge in [0.25, 0.3) is 10.1 Å². The Labute approximate surface area is 135 Å². The second-order valence-electron chi connectivity index (χ2n) is 5.72. The van der Waals surface area contributed by atoms with Crippen molar-refractivity contribution < 1.29 is 21.7 Å². The van der Waals surface area contributed by atoms with E-state index in [2.05, 4.69) is 0 Å². The first kappa shape index (κ1) is 16.1. The van der Waals surface area contributed by atoms with Gasteiger partial charge < -0.3 is 4.74 Å². The number of hydrogen-bond donors (Lipinski definition) is 0. The van der Waals surface area contributed by atoms with Gasteiger partial charge in [-0.25, -0.2) is 4.39 Å². The first-order valence-corrected chi connectivity index (χ1v) is 8.97. The summed E-state index contributed by atoms with van der Waals surface area (Å²) in [6, 6.07) is 13.6. The molecule has 0 radical (unpaired) electrons. The minimum Gasteiger partial charge on any atom is -0.353 e. The zero-order valence-corrected chi connectivity index (χ0v) is 13.6. The molecule has 23 heavy (non-hydrogen) atoms. The van der Waals surface area contributed by atoms with Crippen LogP contribution in [0.15, 0.2) is 48.5 Å². The molecule has 0 aliphatic carbocycles. The zero-order valence-electron chi connectivity index (χ0n) is 12.8. The molecule has 122 valence electrons. The van der Waals surface area contributed by atoms with E-state index >= 15 is 0 Å². The molecule has 1 aliphatic heterocycles. The number of rotatable bonds is 5. The van der Waals surface area contributed by atoms with E-state index in [1.54, 1.807) is 12.1 Å². The predicted molar refractivity (Wildman–Crippen MR) is 83.9 cm³/mol. The quantitative estimate of drug-likeness (QED) is 0.622. The van der Waals surface area contributed by atoms with Gasteiger partial charge >= 0.3 is 0 Å². The topological polar surface area (TPSA) is 55.9 Å². The van der Waals surface area contributed by atoms with Gasteiger partial charge in [-0.1, -0.05) is 36.4 Å². The average Bonchev–Trinajstić information content (AvgIpc) is 3.21. The third-order valence-electron chi connectivity index (χ3n) is 3.99. The fourth-order valence-corrected chi connectivity index (χ4v) is 3.10. The lowest BCUT2D eigenvalue weighted by molar-refractivity contribution is 0.194. The van der Waals surface area contributed by atoms with Gasteiger partial charge in [-0.2, -0.15) is 8.42 Å². The van der Waals surface area contributed by atoms with E-state index in [1.807, 2.05) is 31.2 Å². The third kappa shape index (κ3) is 3.29. The number of halogens is 1. The van der Waals surface area contributed by atoms with Crippen LogP contribution < -0.4 is 0 Å². The van der Waals surface area contributed by atoms with Gasteiger partial charge in [0.1, 0.15) is 24.1 Å². The summed E-state index contributed by atoms with van der Waals surface area (Å²) in [4.78, 5) is 0. The Bertz CT molecular complexity index is 817. The lowest BCUT2D eigenvalue weighted by Crippen LogP contribution is -2.21. The zero-order chi connectivity index (χ0) is 16.7. The van der Waals surface area contributed by atoms with E-state index < -0.39 is 15.7 Å². The standard InChI is InChI=1S/C17H17FO4S/c1-12-5-3-4-6-15(12)16-17(22-16,11-21-23(2,19)20)13-7-9-14(18)10-8-13/h3-10,16H,11H2,1-2H3/t16-,17+/m0/s1. The molecule has 0 saturated carbocycles. The summed E-state index contributed by atoms with van der Waals surface area (Å²) in [5.74, 6) is -0.360. The van der Waals surface area contributed by atoms with E-state index in [4.69, 9.17) is 8.92 Å². The highest BCUT2D eigenvalue weighted by molar-refractivity contribution is 7.85. The van der Waals surface area contributed by atoms with Gasteiger partial charge in [0.15, 0.2) is 0 Å². The molecule has 0 unspecified atom stereocenters.